The van der Waals surface area contributed by atoms with E-state index in [-0.39, 0.29) is 6.10 Å². The highest BCUT2D eigenvalue weighted by atomic mass is 32.1. The number of aromatic nitrogens is 3. The van der Waals surface area contributed by atoms with E-state index < -0.39 is 0 Å². The fourth-order valence-corrected chi connectivity index (χ4v) is 2.72. The molecule has 20 heavy (non-hydrogen) atoms. The number of rotatable bonds is 5. The van der Waals surface area contributed by atoms with Gasteiger partial charge in [-0.25, -0.2) is 15.0 Å². The number of hydrogen-bond acceptors (Lipinski definition) is 6. The van der Waals surface area contributed by atoms with Crippen molar-refractivity contribution in [1.29, 1.82) is 0 Å². The number of nitrogens with one attached hydrogen (secondary N) is 1. The predicted octanol–water partition coefficient (Wildman–Crippen LogP) is 2.89. The molecule has 0 radical (unpaired) electrons. The number of hydrogen-bond donors (Lipinski definition) is 1. The van der Waals surface area contributed by atoms with Crippen LogP contribution in [0, 0.1) is 0 Å². The Morgan fingerprint density at radius 1 is 1.30 bits per heavy atom. The molecular weight excluding hydrogens is 272 g/mol. The van der Waals surface area contributed by atoms with Gasteiger partial charge in [-0.05, 0) is 34.5 Å². The quantitative estimate of drug-likeness (QED) is 0.781. The van der Waals surface area contributed by atoms with E-state index in [0.717, 1.165) is 11.2 Å². The molecule has 0 saturated heterocycles. The van der Waals surface area contributed by atoms with Crippen LogP contribution in [0.2, 0.25) is 0 Å². The molecule has 0 spiro atoms. The molecule has 3 heterocycles. The third-order valence-corrected chi connectivity index (χ3v) is 3.76. The smallest absolute Gasteiger partial charge is 0.164 e. The van der Waals surface area contributed by atoms with Crippen LogP contribution >= 0.6 is 11.3 Å². The molecule has 3 aromatic heterocycles. The minimum atomic E-state index is 0.00272. The molecule has 0 amide bonds. The number of fused-ring (bicyclic) bond motifs is 1. The lowest BCUT2D eigenvalue weighted by molar-refractivity contribution is 0.114. The number of methoxy groups -OCH3 is 1. The van der Waals surface area contributed by atoms with Crippen LogP contribution in [0.3, 0.4) is 0 Å². The topological polar surface area (TPSA) is 59.9 Å². The second-order valence-corrected chi connectivity index (χ2v) is 5.04. The van der Waals surface area contributed by atoms with E-state index >= 15 is 0 Å². The maximum absolute atomic E-state index is 5.51. The summed E-state index contributed by atoms with van der Waals surface area (Å²) in [4.78, 5) is 12.6. The second-order valence-electron chi connectivity index (χ2n) is 4.26. The average Bonchev–Trinajstić information content (AvgIpc) is 3.02. The molecule has 0 aliphatic rings. The van der Waals surface area contributed by atoms with Gasteiger partial charge in [0.2, 0.25) is 0 Å². The minimum absolute atomic E-state index is 0.00272. The number of anilines is 1. The standard InChI is InChI=1S/C14H14N4OS/c1-19-12(10-4-6-20-8-10)7-16-14-11-3-2-5-15-13(11)17-9-18-14/h2-6,8-9,12H,7H2,1H3,(H,15,16,17,18). The molecule has 3 rings (SSSR count). The van der Waals surface area contributed by atoms with Gasteiger partial charge in [-0.3, -0.25) is 0 Å². The monoisotopic (exact) mass is 286 g/mol. The van der Waals surface area contributed by atoms with Gasteiger partial charge >= 0.3 is 0 Å². The van der Waals surface area contributed by atoms with Crippen molar-refractivity contribution in [2.24, 2.45) is 0 Å². The number of pyridine rings is 1. The lowest BCUT2D eigenvalue weighted by atomic mass is 10.2. The van der Waals surface area contributed by atoms with Crippen molar-refractivity contribution < 1.29 is 4.74 Å². The maximum atomic E-state index is 5.51. The summed E-state index contributed by atoms with van der Waals surface area (Å²) in [6.07, 6.45) is 3.25. The first-order valence-corrected chi connectivity index (χ1v) is 7.17. The first kappa shape index (κ1) is 13.0. The molecule has 0 fully saturated rings. The van der Waals surface area contributed by atoms with Crippen molar-refractivity contribution in [3.05, 3.63) is 47.0 Å². The number of thiophene rings is 1. The van der Waals surface area contributed by atoms with Crippen LogP contribution in [-0.4, -0.2) is 28.6 Å². The largest absolute Gasteiger partial charge is 0.375 e. The van der Waals surface area contributed by atoms with E-state index in [0.29, 0.717) is 12.2 Å². The highest BCUT2D eigenvalue weighted by Crippen LogP contribution is 2.22. The number of ether oxygens (including phenoxy) is 1. The van der Waals surface area contributed by atoms with Crippen LogP contribution in [-0.2, 0) is 4.74 Å². The molecule has 0 saturated carbocycles. The normalized spacial score (nSPS) is 12.4. The Morgan fingerprint density at radius 2 is 2.25 bits per heavy atom. The minimum Gasteiger partial charge on any atom is -0.375 e. The summed E-state index contributed by atoms with van der Waals surface area (Å²) in [5.74, 6) is 0.778. The van der Waals surface area contributed by atoms with Gasteiger partial charge in [0.05, 0.1) is 5.39 Å². The van der Waals surface area contributed by atoms with Crippen LogP contribution in [0.1, 0.15) is 11.7 Å². The Bertz CT molecular complexity index is 681. The summed E-state index contributed by atoms with van der Waals surface area (Å²) < 4.78 is 5.51. The Balaban J connectivity index is 1.80. The summed E-state index contributed by atoms with van der Waals surface area (Å²) in [5, 5.41) is 8.37. The van der Waals surface area contributed by atoms with Gasteiger partial charge < -0.3 is 10.1 Å². The highest BCUT2D eigenvalue weighted by Gasteiger charge is 2.12. The maximum Gasteiger partial charge on any atom is 0.164 e. The summed E-state index contributed by atoms with van der Waals surface area (Å²) in [6.45, 7) is 0.647. The van der Waals surface area contributed by atoms with E-state index in [9.17, 15) is 0 Å². The molecule has 1 N–H and O–H groups in total. The molecule has 3 aromatic rings. The van der Waals surface area contributed by atoms with E-state index in [1.54, 1.807) is 24.6 Å². The molecular formula is C14H14N4OS. The SMILES string of the molecule is COC(CNc1ncnc2ncccc12)c1ccsc1. The third kappa shape index (κ3) is 2.61. The van der Waals surface area contributed by atoms with Crippen LogP contribution < -0.4 is 5.32 Å². The van der Waals surface area contributed by atoms with Gasteiger partial charge in [-0.1, -0.05) is 0 Å². The highest BCUT2D eigenvalue weighted by molar-refractivity contribution is 7.07. The molecule has 6 heteroatoms. The molecule has 0 aliphatic carbocycles. The van der Waals surface area contributed by atoms with E-state index in [4.69, 9.17) is 4.74 Å². The Kier molecular flexibility index (Phi) is 3.85. The van der Waals surface area contributed by atoms with Crippen molar-refractivity contribution in [1.82, 2.24) is 15.0 Å². The zero-order valence-electron chi connectivity index (χ0n) is 11.0. The van der Waals surface area contributed by atoms with E-state index in [1.807, 2.05) is 17.5 Å². The molecule has 1 atom stereocenters. The fraction of sp³-hybridized carbons (Fsp3) is 0.214. The Morgan fingerprint density at radius 3 is 3.05 bits per heavy atom. The molecule has 1 unspecified atom stereocenters. The zero-order valence-corrected chi connectivity index (χ0v) is 11.8. The second kappa shape index (κ2) is 5.94. The van der Waals surface area contributed by atoms with Gasteiger partial charge in [0.25, 0.3) is 0 Å². The lowest BCUT2D eigenvalue weighted by Gasteiger charge is -2.15. The molecule has 0 bridgehead atoms. The van der Waals surface area contributed by atoms with Gasteiger partial charge in [0.1, 0.15) is 18.2 Å². The van der Waals surface area contributed by atoms with Crippen molar-refractivity contribution in [3.8, 4) is 0 Å². The van der Waals surface area contributed by atoms with Gasteiger partial charge in [-0.2, -0.15) is 11.3 Å². The molecule has 0 aliphatic heterocycles. The lowest BCUT2D eigenvalue weighted by Crippen LogP contribution is -2.15. The predicted molar refractivity (Wildman–Crippen MR) is 79.9 cm³/mol. The van der Waals surface area contributed by atoms with Crippen molar-refractivity contribution in [2.45, 2.75) is 6.10 Å². The van der Waals surface area contributed by atoms with Crippen LogP contribution in [0.25, 0.3) is 11.0 Å². The molecule has 102 valence electrons. The molecule has 5 nitrogen and oxygen atoms in total. The van der Waals surface area contributed by atoms with Crippen LogP contribution in [0.4, 0.5) is 5.82 Å². The van der Waals surface area contributed by atoms with Gasteiger partial charge in [0, 0.05) is 19.9 Å². The number of nitrogens with zero attached hydrogens (tertiary/aromatic N) is 3. The fourth-order valence-electron chi connectivity index (χ4n) is 2.02. The Labute approximate surface area is 120 Å². The first-order chi connectivity index (χ1) is 9.88. The van der Waals surface area contributed by atoms with Crippen LogP contribution in [0.15, 0.2) is 41.5 Å². The zero-order chi connectivity index (χ0) is 13.8. The summed E-state index contributed by atoms with van der Waals surface area (Å²) in [6, 6.07) is 5.90. The Hall–Kier alpha value is -2.05. The van der Waals surface area contributed by atoms with Gasteiger partial charge in [0.15, 0.2) is 5.65 Å². The van der Waals surface area contributed by atoms with Gasteiger partial charge in [-0.15, -0.1) is 0 Å². The van der Waals surface area contributed by atoms with Crippen molar-refractivity contribution >= 4 is 28.2 Å². The molecule has 0 aromatic carbocycles. The van der Waals surface area contributed by atoms with E-state index in [2.05, 4.69) is 31.7 Å². The average molecular weight is 286 g/mol. The summed E-state index contributed by atoms with van der Waals surface area (Å²) >= 11 is 1.66. The van der Waals surface area contributed by atoms with Crippen molar-refractivity contribution in [2.75, 3.05) is 19.0 Å². The first-order valence-electron chi connectivity index (χ1n) is 6.23. The van der Waals surface area contributed by atoms with E-state index in [1.165, 1.54) is 11.9 Å². The van der Waals surface area contributed by atoms with Crippen LogP contribution in [0.5, 0.6) is 0 Å². The summed E-state index contributed by atoms with van der Waals surface area (Å²) in [7, 11) is 1.71. The third-order valence-electron chi connectivity index (χ3n) is 3.06. The van der Waals surface area contributed by atoms with Crippen molar-refractivity contribution in [3.63, 3.8) is 0 Å². The summed E-state index contributed by atoms with van der Waals surface area (Å²) in [5.41, 5.74) is 1.86.